The van der Waals surface area contributed by atoms with Crippen molar-refractivity contribution < 1.29 is 0 Å². The molecule has 2 aromatic heterocycles. The van der Waals surface area contributed by atoms with Crippen LogP contribution in [0.2, 0.25) is 0 Å². The molecule has 126 valence electrons. The maximum absolute atomic E-state index is 4.72. The molecule has 23 heavy (non-hydrogen) atoms. The Kier molecular flexibility index (Phi) is 5.52. The van der Waals surface area contributed by atoms with Gasteiger partial charge in [-0.2, -0.15) is 0 Å². The largest absolute Gasteiger partial charge is 0.298 e. The van der Waals surface area contributed by atoms with E-state index in [1.165, 1.54) is 51.3 Å². The second kappa shape index (κ2) is 7.43. The summed E-state index contributed by atoms with van der Waals surface area (Å²) in [5, 5.41) is 1.17. The first-order valence-corrected chi connectivity index (χ1v) is 10.1. The Morgan fingerprint density at radius 1 is 1.17 bits per heavy atom. The number of thiazole rings is 1. The number of hydrogen-bond acceptors (Lipinski definition) is 5. The molecule has 0 saturated carbocycles. The number of rotatable bonds is 6. The molecule has 1 fully saturated rings. The fourth-order valence-electron chi connectivity index (χ4n) is 3.28. The molecule has 3 rings (SSSR count). The number of likely N-dealkylation sites (tertiary alicyclic amines) is 1. The molecule has 1 saturated heterocycles. The van der Waals surface area contributed by atoms with Crippen molar-refractivity contribution in [2.24, 2.45) is 0 Å². The van der Waals surface area contributed by atoms with Gasteiger partial charge < -0.3 is 0 Å². The zero-order valence-corrected chi connectivity index (χ0v) is 16.3. The van der Waals surface area contributed by atoms with Crippen molar-refractivity contribution in [3.05, 3.63) is 37.5 Å². The summed E-state index contributed by atoms with van der Waals surface area (Å²) in [5.74, 6) is 0. The van der Waals surface area contributed by atoms with Crippen molar-refractivity contribution in [1.82, 2.24) is 14.8 Å². The van der Waals surface area contributed by atoms with Crippen LogP contribution in [0.3, 0.4) is 0 Å². The molecule has 0 amide bonds. The van der Waals surface area contributed by atoms with Gasteiger partial charge in [0, 0.05) is 27.7 Å². The molecule has 0 unspecified atom stereocenters. The van der Waals surface area contributed by atoms with Gasteiger partial charge in [-0.3, -0.25) is 9.80 Å². The van der Waals surface area contributed by atoms with E-state index in [4.69, 9.17) is 4.98 Å². The molecule has 0 aromatic carbocycles. The summed E-state index contributed by atoms with van der Waals surface area (Å²) in [6, 6.07) is 4.98. The average molecular weight is 350 g/mol. The third-order valence-corrected chi connectivity index (χ3v) is 6.65. The zero-order chi connectivity index (χ0) is 16.4. The fourth-order valence-corrected chi connectivity index (χ4v) is 5.31. The molecule has 2 aromatic rings. The van der Waals surface area contributed by atoms with E-state index in [0.717, 1.165) is 13.1 Å². The second-order valence-corrected chi connectivity index (χ2v) is 9.28. The van der Waals surface area contributed by atoms with Gasteiger partial charge in [0.25, 0.3) is 0 Å². The number of aromatic nitrogens is 1. The minimum absolute atomic E-state index is 0.365. The Hall–Kier alpha value is -0.750. The van der Waals surface area contributed by atoms with Crippen molar-refractivity contribution in [2.75, 3.05) is 20.1 Å². The lowest BCUT2D eigenvalue weighted by molar-refractivity contribution is 0.250. The van der Waals surface area contributed by atoms with E-state index in [1.807, 2.05) is 11.3 Å². The van der Waals surface area contributed by atoms with Gasteiger partial charge in [0.2, 0.25) is 0 Å². The smallest absolute Gasteiger partial charge is 0.0900 e. The Labute approximate surface area is 148 Å². The van der Waals surface area contributed by atoms with Crippen molar-refractivity contribution in [3.63, 3.8) is 0 Å². The lowest BCUT2D eigenvalue weighted by atomic mass is 10.2. The Balaban J connectivity index is 1.60. The summed E-state index contributed by atoms with van der Waals surface area (Å²) >= 11 is 3.77. The molecule has 0 aliphatic carbocycles. The standard InChI is InChI=1S/C18H27N3S2/c1-13(18-14(2)22-15(3)19-18)20(4)11-16-7-8-17(23-16)12-21-9-5-6-10-21/h7-8,13H,5-6,9-12H2,1-4H3/t13-/m0/s1. The summed E-state index contributed by atoms with van der Waals surface area (Å²) in [6.07, 6.45) is 2.73. The summed E-state index contributed by atoms with van der Waals surface area (Å²) in [6.45, 7) is 11.2. The summed E-state index contributed by atoms with van der Waals surface area (Å²) in [4.78, 5) is 14.0. The Morgan fingerprint density at radius 3 is 2.52 bits per heavy atom. The van der Waals surface area contributed by atoms with Crippen LogP contribution in [0, 0.1) is 13.8 Å². The van der Waals surface area contributed by atoms with Gasteiger partial charge >= 0.3 is 0 Å². The zero-order valence-electron chi connectivity index (χ0n) is 14.6. The third-order valence-electron chi connectivity index (χ3n) is 4.70. The molecular formula is C18H27N3S2. The van der Waals surface area contributed by atoms with Crippen molar-refractivity contribution in [1.29, 1.82) is 0 Å². The van der Waals surface area contributed by atoms with Gasteiger partial charge in [-0.15, -0.1) is 22.7 Å². The predicted octanol–water partition coefficient (Wildman–Crippen LogP) is 4.61. The van der Waals surface area contributed by atoms with E-state index >= 15 is 0 Å². The maximum atomic E-state index is 4.72. The minimum atomic E-state index is 0.365. The van der Waals surface area contributed by atoms with E-state index in [1.54, 1.807) is 11.3 Å². The average Bonchev–Trinajstić information content (AvgIpc) is 3.22. The summed E-state index contributed by atoms with van der Waals surface area (Å²) in [7, 11) is 2.21. The van der Waals surface area contributed by atoms with Crippen LogP contribution in [0.1, 0.15) is 51.1 Å². The number of thiophene rings is 1. The molecule has 0 spiro atoms. The number of aryl methyl sites for hydroxylation is 2. The van der Waals surface area contributed by atoms with Gasteiger partial charge in [0.1, 0.15) is 0 Å². The van der Waals surface area contributed by atoms with Gasteiger partial charge in [-0.25, -0.2) is 4.98 Å². The molecule has 1 aliphatic heterocycles. The summed E-state index contributed by atoms with van der Waals surface area (Å²) < 4.78 is 0. The van der Waals surface area contributed by atoms with Gasteiger partial charge in [-0.05, 0) is 65.9 Å². The first-order chi connectivity index (χ1) is 11.0. The first-order valence-electron chi connectivity index (χ1n) is 8.47. The van der Waals surface area contributed by atoms with Crippen LogP contribution in [0.4, 0.5) is 0 Å². The molecule has 3 nitrogen and oxygen atoms in total. The van der Waals surface area contributed by atoms with Gasteiger partial charge in [0.05, 0.1) is 16.7 Å². The maximum Gasteiger partial charge on any atom is 0.0900 e. The van der Waals surface area contributed by atoms with E-state index in [-0.39, 0.29) is 0 Å². The Bertz CT molecular complexity index is 640. The monoisotopic (exact) mass is 349 g/mol. The van der Waals surface area contributed by atoms with E-state index in [9.17, 15) is 0 Å². The van der Waals surface area contributed by atoms with Crippen LogP contribution in [-0.4, -0.2) is 34.9 Å². The van der Waals surface area contributed by atoms with Crippen molar-refractivity contribution in [3.8, 4) is 0 Å². The van der Waals surface area contributed by atoms with E-state index in [0.29, 0.717) is 6.04 Å². The van der Waals surface area contributed by atoms with Crippen LogP contribution in [-0.2, 0) is 13.1 Å². The van der Waals surface area contributed by atoms with Crippen molar-refractivity contribution in [2.45, 2.75) is 52.7 Å². The molecule has 0 radical (unpaired) electrons. The molecule has 1 atom stereocenters. The van der Waals surface area contributed by atoms with Crippen LogP contribution in [0.25, 0.3) is 0 Å². The Morgan fingerprint density at radius 2 is 1.87 bits per heavy atom. The topological polar surface area (TPSA) is 19.4 Å². The van der Waals surface area contributed by atoms with E-state index < -0.39 is 0 Å². The first kappa shape index (κ1) is 17.1. The highest BCUT2D eigenvalue weighted by atomic mass is 32.1. The molecule has 3 heterocycles. The lowest BCUT2D eigenvalue weighted by Crippen LogP contribution is -2.22. The lowest BCUT2D eigenvalue weighted by Gasteiger charge is -2.23. The fraction of sp³-hybridized carbons (Fsp3) is 0.611. The summed E-state index contributed by atoms with van der Waals surface area (Å²) in [5.41, 5.74) is 1.24. The quantitative estimate of drug-likeness (QED) is 0.759. The normalized spacial score (nSPS) is 17.3. The SMILES string of the molecule is Cc1nc([C@H](C)N(C)Cc2ccc(CN3CCCC3)s2)c(C)s1. The number of hydrogen-bond donors (Lipinski definition) is 0. The van der Waals surface area contributed by atoms with Crippen LogP contribution in [0.5, 0.6) is 0 Å². The third kappa shape index (κ3) is 4.21. The molecule has 0 bridgehead atoms. The predicted molar refractivity (Wildman–Crippen MR) is 100 cm³/mol. The second-order valence-electron chi connectivity index (χ2n) is 6.62. The minimum Gasteiger partial charge on any atom is -0.298 e. The van der Waals surface area contributed by atoms with Crippen molar-refractivity contribution >= 4 is 22.7 Å². The van der Waals surface area contributed by atoms with E-state index in [2.05, 4.69) is 49.8 Å². The van der Waals surface area contributed by atoms with Crippen LogP contribution < -0.4 is 0 Å². The van der Waals surface area contributed by atoms with Crippen LogP contribution in [0.15, 0.2) is 12.1 Å². The van der Waals surface area contributed by atoms with Gasteiger partial charge in [0.15, 0.2) is 0 Å². The molecule has 5 heteroatoms. The van der Waals surface area contributed by atoms with Gasteiger partial charge in [-0.1, -0.05) is 0 Å². The highest BCUT2D eigenvalue weighted by molar-refractivity contribution is 7.12. The highest BCUT2D eigenvalue weighted by Crippen LogP contribution is 2.28. The molecule has 0 N–H and O–H groups in total. The molecular weight excluding hydrogens is 322 g/mol. The number of nitrogens with zero attached hydrogens (tertiary/aromatic N) is 3. The van der Waals surface area contributed by atoms with Crippen LogP contribution >= 0.6 is 22.7 Å². The molecule has 1 aliphatic rings. The highest BCUT2D eigenvalue weighted by Gasteiger charge is 2.19.